The highest BCUT2D eigenvalue weighted by Crippen LogP contribution is 2.33. The molecule has 0 bridgehead atoms. The average molecular weight is 343 g/mol. The Balaban J connectivity index is 1.56. The number of halogens is 1. The van der Waals surface area contributed by atoms with Gasteiger partial charge in [-0.3, -0.25) is 0 Å². The topological polar surface area (TPSA) is 50.7 Å². The third kappa shape index (κ3) is 3.40. The number of rotatable bonds is 5. The Bertz CT molecular complexity index is 737. The summed E-state index contributed by atoms with van der Waals surface area (Å²) in [6, 6.07) is 12.1. The lowest BCUT2D eigenvalue weighted by Crippen LogP contribution is -2.56. The molecule has 4 nitrogen and oxygen atoms in total. The molecule has 5 heteroatoms. The molecule has 25 heavy (non-hydrogen) atoms. The molecule has 0 radical (unpaired) electrons. The largest absolute Gasteiger partial charge is 0.490 e. The van der Waals surface area contributed by atoms with Gasteiger partial charge < -0.3 is 19.9 Å². The molecule has 2 heterocycles. The van der Waals surface area contributed by atoms with E-state index in [1.54, 1.807) is 6.07 Å². The summed E-state index contributed by atoms with van der Waals surface area (Å²) in [7, 11) is 0. The predicted octanol–water partition coefficient (Wildman–Crippen LogP) is 2.84. The number of hydrogen-bond acceptors (Lipinski definition) is 4. The van der Waals surface area contributed by atoms with Gasteiger partial charge in [-0.25, -0.2) is 4.39 Å². The molecule has 4 rings (SSSR count). The van der Waals surface area contributed by atoms with Crippen molar-refractivity contribution in [2.75, 3.05) is 26.3 Å². The van der Waals surface area contributed by atoms with Crippen molar-refractivity contribution in [3.8, 4) is 16.9 Å². The van der Waals surface area contributed by atoms with E-state index in [0.717, 1.165) is 30.6 Å². The van der Waals surface area contributed by atoms with E-state index in [-0.39, 0.29) is 11.9 Å². The predicted molar refractivity (Wildman–Crippen MR) is 93.1 cm³/mol. The standard InChI is InChI=1S/C20H22FNO3/c21-16-7-8-19(25-11-17-2-1-9-24-17)18(10-16)14-3-5-15(6-4-14)20(23)12-22-13-20/h3-8,10,17,22-23H,1-2,9,11-13H2. The van der Waals surface area contributed by atoms with Gasteiger partial charge in [-0.2, -0.15) is 0 Å². The molecule has 1 atom stereocenters. The van der Waals surface area contributed by atoms with E-state index in [1.807, 2.05) is 24.3 Å². The zero-order valence-corrected chi connectivity index (χ0v) is 14.0. The first-order valence-corrected chi connectivity index (χ1v) is 8.72. The molecule has 2 aromatic rings. The first-order valence-electron chi connectivity index (χ1n) is 8.72. The highest BCUT2D eigenvalue weighted by atomic mass is 19.1. The number of aliphatic hydroxyl groups is 1. The van der Waals surface area contributed by atoms with E-state index in [0.29, 0.717) is 31.0 Å². The van der Waals surface area contributed by atoms with Crippen LogP contribution in [0.3, 0.4) is 0 Å². The van der Waals surface area contributed by atoms with E-state index in [9.17, 15) is 9.50 Å². The van der Waals surface area contributed by atoms with Crippen LogP contribution in [0.4, 0.5) is 4.39 Å². The average Bonchev–Trinajstić information content (AvgIpc) is 3.12. The molecule has 2 saturated heterocycles. The molecule has 2 N–H and O–H groups in total. The zero-order valence-electron chi connectivity index (χ0n) is 14.0. The molecule has 2 aliphatic heterocycles. The van der Waals surface area contributed by atoms with Crippen molar-refractivity contribution in [2.45, 2.75) is 24.5 Å². The Kier molecular flexibility index (Phi) is 4.46. The van der Waals surface area contributed by atoms with Gasteiger partial charge in [-0.15, -0.1) is 0 Å². The van der Waals surface area contributed by atoms with Crippen molar-refractivity contribution in [2.24, 2.45) is 0 Å². The SMILES string of the molecule is OC1(c2ccc(-c3cc(F)ccc3OCC3CCCO3)cc2)CNC1. The Morgan fingerprint density at radius 3 is 2.64 bits per heavy atom. The minimum absolute atomic E-state index is 0.112. The third-order valence-electron chi connectivity index (χ3n) is 4.96. The van der Waals surface area contributed by atoms with Gasteiger partial charge in [0.05, 0.1) is 6.10 Å². The summed E-state index contributed by atoms with van der Waals surface area (Å²) < 4.78 is 25.3. The van der Waals surface area contributed by atoms with Gasteiger partial charge in [0.25, 0.3) is 0 Å². The summed E-state index contributed by atoms with van der Waals surface area (Å²) in [5.41, 5.74) is 1.65. The number of ether oxygens (including phenoxy) is 2. The number of benzene rings is 2. The number of nitrogens with one attached hydrogen (secondary N) is 1. The fourth-order valence-corrected chi connectivity index (χ4v) is 3.34. The molecule has 2 fully saturated rings. The van der Waals surface area contributed by atoms with E-state index in [2.05, 4.69) is 5.32 Å². The van der Waals surface area contributed by atoms with Crippen LogP contribution < -0.4 is 10.1 Å². The molecule has 0 aromatic heterocycles. The normalized spacial score (nSPS) is 21.8. The quantitative estimate of drug-likeness (QED) is 0.877. The van der Waals surface area contributed by atoms with E-state index in [1.165, 1.54) is 12.1 Å². The van der Waals surface area contributed by atoms with Crippen molar-refractivity contribution < 1.29 is 19.0 Å². The molecule has 1 unspecified atom stereocenters. The maximum absolute atomic E-state index is 13.8. The second-order valence-electron chi connectivity index (χ2n) is 6.80. The summed E-state index contributed by atoms with van der Waals surface area (Å²) >= 11 is 0. The van der Waals surface area contributed by atoms with E-state index >= 15 is 0 Å². The lowest BCUT2D eigenvalue weighted by atomic mass is 9.87. The van der Waals surface area contributed by atoms with Crippen LogP contribution in [0, 0.1) is 5.82 Å². The van der Waals surface area contributed by atoms with Crippen LogP contribution in [0.1, 0.15) is 18.4 Å². The van der Waals surface area contributed by atoms with Crippen molar-refractivity contribution in [1.82, 2.24) is 5.32 Å². The second kappa shape index (κ2) is 6.75. The summed E-state index contributed by atoms with van der Waals surface area (Å²) in [4.78, 5) is 0. The minimum atomic E-state index is -0.792. The first kappa shape index (κ1) is 16.5. The smallest absolute Gasteiger partial charge is 0.127 e. The van der Waals surface area contributed by atoms with E-state index in [4.69, 9.17) is 9.47 Å². The van der Waals surface area contributed by atoms with Gasteiger partial charge >= 0.3 is 0 Å². The first-order chi connectivity index (χ1) is 12.1. The van der Waals surface area contributed by atoms with Crippen LogP contribution in [0.15, 0.2) is 42.5 Å². The van der Waals surface area contributed by atoms with Crippen molar-refractivity contribution in [1.29, 1.82) is 0 Å². The van der Waals surface area contributed by atoms with Gasteiger partial charge in [0, 0.05) is 25.3 Å². The van der Waals surface area contributed by atoms with Crippen molar-refractivity contribution in [3.05, 3.63) is 53.8 Å². The molecule has 0 amide bonds. The van der Waals surface area contributed by atoms with Gasteiger partial charge in [0.15, 0.2) is 0 Å². The maximum atomic E-state index is 13.8. The summed E-state index contributed by atoms with van der Waals surface area (Å²) in [6.07, 6.45) is 2.17. The van der Waals surface area contributed by atoms with Crippen molar-refractivity contribution >= 4 is 0 Å². The molecule has 2 aliphatic rings. The third-order valence-corrected chi connectivity index (χ3v) is 4.96. The molecule has 132 valence electrons. The van der Waals surface area contributed by atoms with Gasteiger partial charge in [0.1, 0.15) is 23.8 Å². The highest BCUT2D eigenvalue weighted by molar-refractivity contribution is 5.70. The van der Waals surface area contributed by atoms with Gasteiger partial charge in [-0.1, -0.05) is 24.3 Å². The molecule has 0 spiro atoms. The van der Waals surface area contributed by atoms with E-state index < -0.39 is 5.60 Å². The lowest BCUT2D eigenvalue weighted by Gasteiger charge is -2.38. The van der Waals surface area contributed by atoms with Crippen molar-refractivity contribution in [3.63, 3.8) is 0 Å². The summed E-state index contributed by atoms with van der Waals surface area (Å²) in [5.74, 6) is 0.346. The zero-order chi connectivity index (χ0) is 17.3. The number of β-amino-alcohol motifs (C(OH)–C–C–N with tert-alkyl or cyclic N) is 1. The molecule has 0 saturated carbocycles. The Hall–Kier alpha value is -1.95. The molecule has 0 aliphatic carbocycles. The van der Waals surface area contributed by atoms with Gasteiger partial charge in [-0.05, 0) is 42.2 Å². The summed E-state index contributed by atoms with van der Waals surface area (Å²) in [6.45, 7) is 2.37. The van der Waals surface area contributed by atoms with Crippen LogP contribution in [0.2, 0.25) is 0 Å². The van der Waals surface area contributed by atoms with Crippen LogP contribution in [0.25, 0.3) is 11.1 Å². The Morgan fingerprint density at radius 1 is 1.20 bits per heavy atom. The van der Waals surface area contributed by atoms with Crippen LogP contribution in [-0.2, 0) is 10.3 Å². The maximum Gasteiger partial charge on any atom is 0.127 e. The summed E-state index contributed by atoms with van der Waals surface area (Å²) in [5, 5.41) is 13.5. The minimum Gasteiger partial charge on any atom is -0.490 e. The fraction of sp³-hybridized carbons (Fsp3) is 0.400. The van der Waals surface area contributed by atoms with Gasteiger partial charge in [0.2, 0.25) is 0 Å². The fourth-order valence-electron chi connectivity index (χ4n) is 3.34. The monoisotopic (exact) mass is 343 g/mol. The Morgan fingerprint density at radius 2 is 2.00 bits per heavy atom. The second-order valence-corrected chi connectivity index (χ2v) is 6.80. The van der Waals surface area contributed by atoms with Crippen LogP contribution in [0.5, 0.6) is 5.75 Å². The van der Waals surface area contributed by atoms with Crippen LogP contribution >= 0.6 is 0 Å². The van der Waals surface area contributed by atoms with Crippen LogP contribution in [-0.4, -0.2) is 37.5 Å². The highest BCUT2D eigenvalue weighted by Gasteiger charge is 2.35. The molecular weight excluding hydrogens is 321 g/mol. The number of hydrogen-bond donors (Lipinski definition) is 2. The lowest BCUT2D eigenvalue weighted by molar-refractivity contribution is -0.0146. The Labute approximate surface area is 146 Å². The molecular formula is C20H22FNO3. The molecule has 2 aromatic carbocycles.